The average molecular weight is 364 g/mol. The Labute approximate surface area is 147 Å². The predicted octanol–water partition coefficient (Wildman–Crippen LogP) is 0.293. The molecule has 0 saturated carbocycles. The smallest absolute Gasteiger partial charge is 0.325 e. The summed E-state index contributed by atoms with van der Waals surface area (Å²) < 4.78 is 0. The van der Waals surface area contributed by atoms with Gasteiger partial charge in [0.2, 0.25) is 11.8 Å². The molecular weight excluding hydrogens is 348 g/mol. The molecule has 1 aliphatic heterocycles. The van der Waals surface area contributed by atoms with E-state index in [1.807, 2.05) is 0 Å². The number of nitrogens with zero attached hydrogens (tertiary/aromatic N) is 2. The lowest BCUT2D eigenvalue weighted by molar-refractivity contribution is -0.141. The summed E-state index contributed by atoms with van der Waals surface area (Å²) in [6.45, 7) is 1.34. The molecule has 4 N–H and O–H groups in total. The van der Waals surface area contributed by atoms with E-state index in [4.69, 9.17) is 5.11 Å². The number of aliphatic carboxylic acids is 1. The van der Waals surface area contributed by atoms with Crippen molar-refractivity contribution in [2.75, 3.05) is 0 Å². The van der Waals surface area contributed by atoms with Gasteiger partial charge >= 0.3 is 5.97 Å². The molecule has 0 aromatic heterocycles. The second kappa shape index (κ2) is 8.29. The Balaban J connectivity index is 1.92. The van der Waals surface area contributed by atoms with Crippen molar-refractivity contribution in [1.82, 2.24) is 10.6 Å². The van der Waals surface area contributed by atoms with Crippen molar-refractivity contribution in [3.63, 3.8) is 0 Å². The van der Waals surface area contributed by atoms with E-state index in [-0.39, 0.29) is 17.3 Å². The number of carboxylic acids is 1. The summed E-state index contributed by atoms with van der Waals surface area (Å²) in [6.07, 6.45) is 1.17. The minimum atomic E-state index is -1.15. The van der Waals surface area contributed by atoms with Crippen molar-refractivity contribution in [3.05, 3.63) is 29.8 Å². The van der Waals surface area contributed by atoms with Crippen LogP contribution >= 0.6 is 11.8 Å². The van der Waals surface area contributed by atoms with Crippen LogP contribution in [0, 0.1) is 0 Å². The van der Waals surface area contributed by atoms with Gasteiger partial charge in [-0.25, -0.2) is 0 Å². The summed E-state index contributed by atoms with van der Waals surface area (Å²) in [5.41, 5.74) is 0.472. The summed E-state index contributed by atoms with van der Waals surface area (Å²) in [7, 11) is 0. The van der Waals surface area contributed by atoms with Crippen molar-refractivity contribution in [1.29, 1.82) is 0 Å². The molecule has 0 aliphatic carbocycles. The highest BCUT2D eigenvalue weighted by atomic mass is 32.2. The minimum Gasteiger partial charge on any atom is -0.507 e. The molecule has 1 heterocycles. The van der Waals surface area contributed by atoms with E-state index >= 15 is 0 Å². The molecule has 1 aromatic rings. The number of amides is 2. The van der Waals surface area contributed by atoms with E-state index in [2.05, 4.69) is 20.8 Å². The molecule has 2 unspecified atom stereocenters. The van der Waals surface area contributed by atoms with Crippen LogP contribution in [0.4, 0.5) is 0 Å². The van der Waals surface area contributed by atoms with Crippen LogP contribution in [0.15, 0.2) is 34.5 Å². The van der Waals surface area contributed by atoms with Crippen LogP contribution in [0.3, 0.4) is 0 Å². The van der Waals surface area contributed by atoms with Gasteiger partial charge in [-0.2, -0.15) is 5.10 Å². The average Bonchev–Trinajstić information content (AvgIpc) is 2.88. The maximum absolute atomic E-state index is 11.8. The fourth-order valence-corrected chi connectivity index (χ4v) is 2.78. The third kappa shape index (κ3) is 5.31. The number of hydrogen-bond acceptors (Lipinski definition) is 7. The number of para-hydroxylation sites is 1. The number of thioether (sulfide) groups is 1. The summed E-state index contributed by atoms with van der Waals surface area (Å²) in [5.74, 6) is -2.05. The van der Waals surface area contributed by atoms with Crippen molar-refractivity contribution in [2.24, 2.45) is 10.2 Å². The summed E-state index contributed by atoms with van der Waals surface area (Å²) >= 11 is 1.03. The molecule has 1 aromatic carbocycles. The van der Waals surface area contributed by atoms with E-state index in [0.29, 0.717) is 5.56 Å². The van der Waals surface area contributed by atoms with Crippen molar-refractivity contribution < 1.29 is 24.6 Å². The van der Waals surface area contributed by atoms with Crippen LogP contribution in [0.25, 0.3) is 0 Å². The Morgan fingerprint density at radius 2 is 2.16 bits per heavy atom. The number of nitrogens with one attached hydrogen (secondary N) is 2. The van der Waals surface area contributed by atoms with E-state index < -0.39 is 29.1 Å². The lowest BCUT2D eigenvalue weighted by Gasteiger charge is -2.10. The molecule has 10 heteroatoms. The number of amidine groups is 1. The zero-order valence-corrected chi connectivity index (χ0v) is 14.0. The predicted molar refractivity (Wildman–Crippen MR) is 92.5 cm³/mol. The standard InChI is InChI=1S/C15H16N4O5S/c1-8(14(23)24)17-12(21)6-11-13(22)18-15(25-11)19-16-7-9-4-2-3-5-10(9)20/h2-5,7-8,11,20H,6H2,1H3,(H,17,21)(H,23,24)(H,18,19,22). The first-order chi connectivity index (χ1) is 11.9. The molecule has 2 rings (SSSR count). The summed E-state index contributed by atoms with van der Waals surface area (Å²) in [4.78, 5) is 34.3. The lowest BCUT2D eigenvalue weighted by Crippen LogP contribution is -2.40. The zero-order chi connectivity index (χ0) is 18.4. The molecule has 132 valence electrons. The number of carboxylic acid groups (broad SMARTS) is 1. The Hall–Kier alpha value is -2.88. The second-order valence-electron chi connectivity index (χ2n) is 5.14. The molecule has 0 radical (unpaired) electrons. The maximum Gasteiger partial charge on any atom is 0.325 e. The third-order valence-corrected chi connectivity index (χ3v) is 4.25. The van der Waals surface area contributed by atoms with E-state index in [0.717, 1.165) is 11.8 Å². The molecule has 1 saturated heterocycles. The number of benzene rings is 1. The van der Waals surface area contributed by atoms with Crippen LogP contribution in [-0.2, 0) is 14.4 Å². The van der Waals surface area contributed by atoms with Crippen LogP contribution in [-0.4, -0.2) is 50.7 Å². The van der Waals surface area contributed by atoms with Gasteiger partial charge in [0.15, 0.2) is 5.17 Å². The molecule has 2 atom stereocenters. The number of rotatable bonds is 6. The molecule has 0 bridgehead atoms. The first kappa shape index (κ1) is 18.5. The highest BCUT2D eigenvalue weighted by Gasteiger charge is 2.32. The quantitative estimate of drug-likeness (QED) is 0.422. The third-order valence-electron chi connectivity index (χ3n) is 3.18. The monoisotopic (exact) mass is 364 g/mol. The van der Waals surface area contributed by atoms with Gasteiger partial charge in [0.25, 0.3) is 0 Å². The van der Waals surface area contributed by atoms with Crippen molar-refractivity contribution in [2.45, 2.75) is 24.6 Å². The Bertz CT molecular complexity index is 749. The maximum atomic E-state index is 11.8. The number of phenolic OH excluding ortho intramolecular Hbond substituents is 1. The number of hydrogen-bond donors (Lipinski definition) is 4. The first-order valence-corrected chi connectivity index (χ1v) is 8.13. The molecule has 1 aliphatic rings. The Morgan fingerprint density at radius 1 is 1.44 bits per heavy atom. The van der Waals surface area contributed by atoms with Gasteiger partial charge in [-0.3, -0.25) is 14.4 Å². The fraction of sp³-hybridized carbons (Fsp3) is 0.267. The topological polar surface area (TPSA) is 140 Å². The molecule has 25 heavy (non-hydrogen) atoms. The van der Waals surface area contributed by atoms with Crippen molar-refractivity contribution >= 4 is 40.9 Å². The second-order valence-corrected chi connectivity index (χ2v) is 6.33. The van der Waals surface area contributed by atoms with Gasteiger partial charge in [-0.15, -0.1) is 5.10 Å². The number of carbonyl (C=O) groups is 3. The van der Waals surface area contributed by atoms with Gasteiger partial charge in [-0.1, -0.05) is 23.9 Å². The molecule has 2 amide bonds. The van der Waals surface area contributed by atoms with Gasteiger partial charge in [-0.05, 0) is 19.1 Å². The first-order valence-electron chi connectivity index (χ1n) is 7.25. The van der Waals surface area contributed by atoms with Gasteiger partial charge in [0, 0.05) is 12.0 Å². The minimum absolute atomic E-state index is 0.0525. The molecule has 1 fully saturated rings. The van der Waals surface area contributed by atoms with Crippen LogP contribution in [0.2, 0.25) is 0 Å². The normalized spacial score (nSPS) is 19.8. The van der Waals surface area contributed by atoms with E-state index in [1.54, 1.807) is 18.2 Å². The van der Waals surface area contributed by atoms with Crippen LogP contribution in [0.5, 0.6) is 5.75 Å². The van der Waals surface area contributed by atoms with E-state index in [9.17, 15) is 19.5 Å². The SMILES string of the molecule is CC(NC(=O)CC1SC(=NN=Cc2ccccc2O)NC1=O)C(=O)O. The number of aromatic hydroxyl groups is 1. The Morgan fingerprint density at radius 3 is 2.84 bits per heavy atom. The van der Waals surface area contributed by atoms with E-state index in [1.165, 1.54) is 19.2 Å². The lowest BCUT2D eigenvalue weighted by atomic mass is 10.2. The van der Waals surface area contributed by atoms with Crippen LogP contribution in [0.1, 0.15) is 18.9 Å². The highest BCUT2D eigenvalue weighted by Crippen LogP contribution is 2.22. The Kier molecular flexibility index (Phi) is 6.12. The van der Waals surface area contributed by atoms with Gasteiger partial charge in [0.1, 0.15) is 17.0 Å². The molecular formula is C15H16N4O5S. The highest BCUT2D eigenvalue weighted by molar-refractivity contribution is 8.15. The molecule has 9 nitrogen and oxygen atoms in total. The fourth-order valence-electron chi connectivity index (χ4n) is 1.86. The number of carbonyl (C=O) groups excluding carboxylic acids is 2. The summed E-state index contributed by atoms with van der Waals surface area (Å²) in [5, 5.41) is 30.3. The zero-order valence-electron chi connectivity index (χ0n) is 13.2. The largest absolute Gasteiger partial charge is 0.507 e. The summed E-state index contributed by atoms with van der Waals surface area (Å²) in [6, 6.07) is 5.53. The van der Waals surface area contributed by atoms with Gasteiger partial charge < -0.3 is 20.8 Å². The number of phenols is 1. The molecule has 0 spiro atoms. The van der Waals surface area contributed by atoms with Gasteiger partial charge in [0.05, 0.1) is 6.21 Å². The van der Waals surface area contributed by atoms with Crippen molar-refractivity contribution in [3.8, 4) is 5.75 Å². The van der Waals surface area contributed by atoms with Crippen LogP contribution < -0.4 is 10.6 Å².